The van der Waals surface area contributed by atoms with Crippen LogP contribution in [-0.4, -0.2) is 34.4 Å². The normalized spacial score (nSPS) is 18.4. The van der Waals surface area contributed by atoms with Crippen molar-refractivity contribution in [3.8, 4) is 0 Å². The molecule has 1 atom stereocenters. The molecule has 5 nitrogen and oxygen atoms in total. The minimum Gasteiger partial charge on any atom is -0.480 e. The number of nitrogens with two attached hydrogens (primary N) is 1. The summed E-state index contributed by atoms with van der Waals surface area (Å²) in [7, 11) is 0. The Labute approximate surface area is 102 Å². The van der Waals surface area contributed by atoms with Crippen LogP contribution in [0.15, 0.2) is 0 Å². The molecule has 0 saturated heterocycles. The second-order valence-corrected chi connectivity index (χ2v) is 4.07. The second kappa shape index (κ2) is 7.20. The van der Waals surface area contributed by atoms with Crippen LogP contribution >= 0.6 is 0 Å². The van der Waals surface area contributed by atoms with Crippen molar-refractivity contribution in [3.05, 3.63) is 0 Å². The Morgan fingerprint density at radius 3 is 1.78 bits per heavy atom. The van der Waals surface area contributed by atoms with Crippen molar-refractivity contribution in [2.24, 2.45) is 11.7 Å². The van der Waals surface area contributed by atoms with Crippen molar-refractivity contribution in [1.82, 2.24) is 0 Å². The summed E-state index contributed by atoms with van der Waals surface area (Å²) in [6.45, 7) is 0. The zero-order chi connectivity index (χ0) is 14.3. The Morgan fingerprint density at radius 2 is 1.50 bits per heavy atom. The highest BCUT2D eigenvalue weighted by atomic mass is 19.4. The number of carbonyl (C=O) groups is 2. The van der Waals surface area contributed by atoms with Gasteiger partial charge in [-0.25, -0.2) is 4.79 Å². The molecule has 0 radical (unpaired) electrons. The van der Waals surface area contributed by atoms with Crippen LogP contribution in [0.3, 0.4) is 0 Å². The van der Waals surface area contributed by atoms with E-state index < -0.39 is 24.2 Å². The van der Waals surface area contributed by atoms with E-state index in [4.69, 9.17) is 20.7 Å². The van der Waals surface area contributed by atoms with Gasteiger partial charge in [-0.15, -0.1) is 0 Å². The zero-order valence-electron chi connectivity index (χ0n) is 9.61. The summed E-state index contributed by atoms with van der Waals surface area (Å²) in [5.74, 6) is -3.38. The van der Waals surface area contributed by atoms with Crippen LogP contribution in [0.2, 0.25) is 0 Å². The predicted octanol–water partition coefficient (Wildman–Crippen LogP) is 1.61. The fourth-order valence-corrected chi connectivity index (χ4v) is 1.69. The largest absolute Gasteiger partial charge is 0.490 e. The Morgan fingerprint density at radius 1 is 1.11 bits per heavy atom. The van der Waals surface area contributed by atoms with E-state index in [0.717, 1.165) is 25.7 Å². The molecule has 0 spiro atoms. The van der Waals surface area contributed by atoms with Gasteiger partial charge in [0.05, 0.1) is 0 Å². The number of hydrogen-bond acceptors (Lipinski definition) is 3. The Hall–Kier alpha value is -1.31. The van der Waals surface area contributed by atoms with Gasteiger partial charge < -0.3 is 15.9 Å². The molecule has 1 aliphatic carbocycles. The van der Waals surface area contributed by atoms with E-state index in [0.29, 0.717) is 0 Å². The number of carboxylic acids is 2. The minimum atomic E-state index is -5.08. The first-order valence-corrected chi connectivity index (χ1v) is 5.44. The molecule has 0 aromatic carbocycles. The van der Waals surface area contributed by atoms with Gasteiger partial charge in [0.1, 0.15) is 6.04 Å². The number of rotatable bonds is 2. The SMILES string of the molecule is N[C@H](C(=O)O)C1CCCCC1.O=C(O)C(F)(F)F. The lowest BCUT2D eigenvalue weighted by Crippen LogP contribution is -2.38. The van der Waals surface area contributed by atoms with Crippen LogP contribution < -0.4 is 5.73 Å². The van der Waals surface area contributed by atoms with Gasteiger partial charge in [0.15, 0.2) is 0 Å². The molecule has 1 saturated carbocycles. The number of halogens is 3. The number of alkyl halides is 3. The first-order valence-electron chi connectivity index (χ1n) is 5.44. The summed E-state index contributed by atoms with van der Waals surface area (Å²) >= 11 is 0. The third-order valence-corrected chi connectivity index (χ3v) is 2.69. The summed E-state index contributed by atoms with van der Waals surface area (Å²) in [5, 5.41) is 15.7. The third kappa shape index (κ3) is 6.43. The van der Waals surface area contributed by atoms with Gasteiger partial charge in [0.2, 0.25) is 0 Å². The molecule has 0 heterocycles. The summed E-state index contributed by atoms with van der Waals surface area (Å²) in [6.07, 6.45) is 0.432. The maximum atomic E-state index is 10.6. The third-order valence-electron chi connectivity index (χ3n) is 2.69. The molecular weight excluding hydrogens is 255 g/mol. The van der Waals surface area contributed by atoms with Crippen LogP contribution in [0, 0.1) is 5.92 Å². The van der Waals surface area contributed by atoms with Crippen LogP contribution in [0.1, 0.15) is 32.1 Å². The molecule has 1 rings (SSSR count). The van der Waals surface area contributed by atoms with Crippen LogP contribution in [0.25, 0.3) is 0 Å². The molecule has 4 N–H and O–H groups in total. The van der Waals surface area contributed by atoms with E-state index in [1.807, 2.05) is 0 Å². The average Bonchev–Trinajstić information content (AvgIpc) is 2.28. The number of hydrogen-bond donors (Lipinski definition) is 3. The Bertz CT molecular complexity index is 287. The number of carboxylic acid groups (broad SMARTS) is 2. The fourth-order valence-electron chi connectivity index (χ4n) is 1.69. The molecule has 0 amide bonds. The van der Waals surface area contributed by atoms with Crippen molar-refractivity contribution < 1.29 is 33.0 Å². The molecule has 1 fully saturated rings. The van der Waals surface area contributed by atoms with Gasteiger partial charge >= 0.3 is 18.1 Å². The lowest BCUT2D eigenvalue weighted by atomic mass is 9.84. The highest BCUT2D eigenvalue weighted by Crippen LogP contribution is 2.25. The first kappa shape index (κ1) is 16.7. The summed E-state index contributed by atoms with van der Waals surface area (Å²) in [4.78, 5) is 19.4. The molecule has 106 valence electrons. The fraction of sp³-hybridized carbons (Fsp3) is 0.800. The van der Waals surface area contributed by atoms with Crippen molar-refractivity contribution in [2.45, 2.75) is 44.3 Å². The molecule has 18 heavy (non-hydrogen) atoms. The van der Waals surface area contributed by atoms with Gasteiger partial charge in [0.25, 0.3) is 0 Å². The summed E-state index contributed by atoms with van der Waals surface area (Å²) in [6, 6.07) is -0.629. The quantitative estimate of drug-likeness (QED) is 0.708. The van der Waals surface area contributed by atoms with Crippen molar-refractivity contribution in [2.75, 3.05) is 0 Å². The standard InChI is InChI=1S/C8H15NO2.C2HF3O2/c9-7(8(10)11)6-4-2-1-3-5-6;3-2(4,5)1(6)7/h6-7H,1-5,9H2,(H,10,11);(H,6,7)/t7-;/m0./s1. The van der Waals surface area contributed by atoms with Gasteiger partial charge in [-0.3, -0.25) is 4.79 Å². The molecule has 0 bridgehead atoms. The Kier molecular flexibility index (Phi) is 6.67. The molecular formula is C10H16F3NO4. The van der Waals surface area contributed by atoms with Crippen molar-refractivity contribution >= 4 is 11.9 Å². The molecule has 0 unspecified atom stereocenters. The molecule has 0 aliphatic heterocycles. The second-order valence-electron chi connectivity index (χ2n) is 4.07. The van der Waals surface area contributed by atoms with Crippen LogP contribution in [0.5, 0.6) is 0 Å². The average molecular weight is 271 g/mol. The van der Waals surface area contributed by atoms with Gasteiger partial charge in [-0.2, -0.15) is 13.2 Å². The summed E-state index contributed by atoms with van der Waals surface area (Å²) < 4.78 is 31.7. The molecule has 0 aromatic heterocycles. The van der Waals surface area contributed by atoms with Gasteiger partial charge in [-0.1, -0.05) is 19.3 Å². The van der Waals surface area contributed by atoms with Gasteiger partial charge in [-0.05, 0) is 18.8 Å². The molecule has 0 aromatic rings. The van der Waals surface area contributed by atoms with Crippen LogP contribution in [0.4, 0.5) is 13.2 Å². The summed E-state index contributed by atoms with van der Waals surface area (Å²) in [5.41, 5.74) is 5.49. The van der Waals surface area contributed by atoms with E-state index in [2.05, 4.69) is 0 Å². The van der Waals surface area contributed by atoms with E-state index in [9.17, 15) is 18.0 Å². The monoisotopic (exact) mass is 271 g/mol. The minimum absolute atomic E-state index is 0.223. The zero-order valence-corrected chi connectivity index (χ0v) is 9.61. The highest BCUT2D eigenvalue weighted by molar-refractivity contribution is 5.73. The Balaban J connectivity index is 0.000000360. The smallest absolute Gasteiger partial charge is 0.480 e. The lowest BCUT2D eigenvalue weighted by Gasteiger charge is -2.24. The maximum Gasteiger partial charge on any atom is 0.490 e. The maximum absolute atomic E-state index is 10.6. The van der Waals surface area contributed by atoms with E-state index in [-0.39, 0.29) is 5.92 Å². The highest BCUT2D eigenvalue weighted by Gasteiger charge is 2.38. The van der Waals surface area contributed by atoms with Gasteiger partial charge in [0, 0.05) is 0 Å². The number of aliphatic carboxylic acids is 2. The van der Waals surface area contributed by atoms with Crippen molar-refractivity contribution in [3.63, 3.8) is 0 Å². The first-order chi connectivity index (χ1) is 8.16. The van der Waals surface area contributed by atoms with E-state index in [1.54, 1.807) is 0 Å². The molecule has 8 heteroatoms. The lowest BCUT2D eigenvalue weighted by molar-refractivity contribution is -0.192. The topological polar surface area (TPSA) is 101 Å². The van der Waals surface area contributed by atoms with E-state index >= 15 is 0 Å². The van der Waals surface area contributed by atoms with Crippen LogP contribution in [-0.2, 0) is 9.59 Å². The predicted molar refractivity (Wildman–Crippen MR) is 55.9 cm³/mol. The molecule has 1 aliphatic rings. The van der Waals surface area contributed by atoms with Crippen molar-refractivity contribution in [1.29, 1.82) is 0 Å². The van der Waals surface area contributed by atoms with E-state index in [1.165, 1.54) is 6.42 Å².